The van der Waals surface area contributed by atoms with Crippen LogP contribution >= 0.6 is 0 Å². The summed E-state index contributed by atoms with van der Waals surface area (Å²) in [6, 6.07) is 9.32. The molecule has 1 N–H and O–H groups in total. The first-order valence-corrected chi connectivity index (χ1v) is 9.63. The predicted molar refractivity (Wildman–Crippen MR) is 119 cm³/mol. The molecule has 176 valence electrons. The van der Waals surface area contributed by atoms with Gasteiger partial charge < -0.3 is 4.74 Å². The van der Waals surface area contributed by atoms with Gasteiger partial charge in [-0.3, -0.25) is 27.9 Å². The fraction of sp³-hybridized carbons (Fsp3) is 0.333. The third-order valence-electron chi connectivity index (χ3n) is 4.21. The van der Waals surface area contributed by atoms with Crippen LogP contribution in [0.1, 0.15) is 52.1 Å². The van der Waals surface area contributed by atoms with Crippen molar-refractivity contribution >= 4 is 27.8 Å². The van der Waals surface area contributed by atoms with Gasteiger partial charge in [-0.2, -0.15) is 0 Å². The first-order chi connectivity index (χ1) is 14.7. The summed E-state index contributed by atoms with van der Waals surface area (Å²) in [4.78, 5) is 21.9. The summed E-state index contributed by atoms with van der Waals surface area (Å²) in [7, 11) is -3.67. The van der Waals surface area contributed by atoms with E-state index in [1.54, 1.807) is 12.1 Å². The Morgan fingerprint density at radius 2 is 1.45 bits per heavy atom. The first-order valence-electron chi connectivity index (χ1n) is 9.63. The summed E-state index contributed by atoms with van der Waals surface area (Å²) in [5, 5.41) is 2.01. The minimum Gasteiger partial charge on any atom is -0.382 e. The molecule has 0 atom stereocenters. The Labute approximate surface area is 214 Å². The SMILES string of the molecule is CCOCC.FB(F)F.Fc1cccc2c1CCC2.O=C1NC(=O)c2c(F)cccc21.[BH4-].[Na+]. The van der Waals surface area contributed by atoms with Gasteiger partial charge in [-0.25, -0.2) is 8.78 Å². The van der Waals surface area contributed by atoms with E-state index in [2.05, 4.69) is 0 Å². The smallest absolute Gasteiger partial charge is 0.382 e. The number of nitrogens with one attached hydrogen (secondary N) is 1. The fourth-order valence-electron chi connectivity index (χ4n) is 2.95. The second-order valence-corrected chi connectivity index (χ2v) is 6.21. The van der Waals surface area contributed by atoms with Gasteiger partial charge in [0.25, 0.3) is 11.8 Å². The van der Waals surface area contributed by atoms with Crippen molar-refractivity contribution in [2.75, 3.05) is 13.2 Å². The Kier molecular flexibility index (Phi) is 18.0. The third-order valence-corrected chi connectivity index (χ3v) is 4.21. The normalized spacial score (nSPS) is 12.0. The Balaban J connectivity index is 0. The molecule has 2 aromatic carbocycles. The molecule has 0 fully saturated rings. The van der Waals surface area contributed by atoms with E-state index in [0.717, 1.165) is 44.1 Å². The number of hydrogen-bond acceptors (Lipinski definition) is 3. The van der Waals surface area contributed by atoms with E-state index in [0.29, 0.717) is 0 Å². The summed E-state index contributed by atoms with van der Waals surface area (Å²) >= 11 is 0. The number of amides is 2. The Morgan fingerprint density at radius 3 is 1.94 bits per heavy atom. The van der Waals surface area contributed by atoms with Gasteiger partial charge in [-0.05, 0) is 62.4 Å². The molecule has 2 aromatic rings. The van der Waals surface area contributed by atoms with Crippen LogP contribution in [0.25, 0.3) is 0 Å². The average molecular weight is 481 g/mol. The zero-order valence-electron chi connectivity index (χ0n) is 18.2. The predicted octanol–water partition coefficient (Wildman–Crippen LogP) is 0.499. The number of fused-ring (bicyclic) bond motifs is 2. The largest absolute Gasteiger partial charge is 1.00 e. The van der Waals surface area contributed by atoms with E-state index in [-0.39, 0.29) is 54.9 Å². The van der Waals surface area contributed by atoms with Crippen molar-refractivity contribution in [1.29, 1.82) is 0 Å². The van der Waals surface area contributed by atoms with E-state index >= 15 is 0 Å². The molecule has 4 rings (SSSR count). The quantitative estimate of drug-likeness (QED) is 0.387. The van der Waals surface area contributed by atoms with Crippen molar-refractivity contribution in [2.45, 2.75) is 33.1 Å². The summed E-state index contributed by atoms with van der Waals surface area (Å²) in [5.74, 6) is -1.87. The maximum atomic E-state index is 12.9. The molecule has 33 heavy (non-hydrogen) atoms. The summed E-state index contributed by atoms with van der Waals surface area (Å²) in [5.41, 5.74) is 2.12. The van der Waals surface area contributed by atoms with Crippen LogP contribution in [0.5, 0.6) is 0 Å². The second kappa shape index (κ2) is 17.8. The zero-order valence-corrected chi connectivity index (χ0v) is 20.2. The van der Waals surface area contributed by atoms with Gasteiger partial charge >= 0.3 is 37.1 Å². The maximum Gasteiger partial charge on any atom is 1.00 e. The van der Waals surface area contributed by atoms with Gasteiger partial charge in [0.05, 0.1) is 11.1 Å². The molecule has 0 aromatic heterocycles. The molecular formula is C21H27B2F5NNaO3. The summed E-state index contributed by atoms with van der Waals surface area (Å²) in [6.45, 7) is 5.67. The number of benzene rings is 2. The van der Waals surface area contributed by atoms with Crippen LogP contribution in [0.4, 0.5) is 21.7 Å². The minimum atomic E-state index is -3.67. The van der Waals surface area contributed by atoms with Crippen molar-refractivity contribution in [3.63, 3.8) is 0 Å². The standard InChI is InChI=1S/C9H9F.C8H4FNO2.C4H10O.BF3.BH4.Na/c10-9-6-2-4-7-3-1-5-8(7)9;9-5-3-1-2-4-6(5)8(12)10-7(4)11;1-3-5-4-2;2-1(3)4;;/h2,4,6H,1,3,5H2;1-3H,(H,10,11,12);3-4H2,1-2H3;;1H4;/q;;;;-1;+1. The molecule has 12 heteroatoms. The molecule has 0 saturated carbocycles. The van der Waals surface area contributed by atoms with Crippen LogP contribution in [-0.2, 0) is 17.6 Å². The molecule has 2 aliphatic rings. The van der Waals surface area contributed by atoms with Crippen molar-refractivity contribution in [1.82, 2.24) is 5.32 Å². The first kappa shape index (κ1) is 33.5. The fourth-order valence-corrected chi connectivity index (χ4v) is 2.95. The summed E-state index contributed by atoms with van der Waals surface area (Å²) < 4.78 is 59.6. The second-order valence-electron chi connectivity index (χ2n) is 6.21. The van der Waals surface area contributed by atoms with Gasteiger partial charge in [-0.1, -0.05) is 26.6 Å². The van der Waals surface area contributed by atoms with Crippen LogP contribution in [0.2, 0.25) is 0 Å². The van der Waals surface area contributed by atoms with E-state index in [1.807, 2.05) is 25.2 Å². The van der Waals surface area contributed by atoms with Crippen molar-refractivity contribution in [3.8, 4) is 0 Å². The van der Waals surface area contributed by atoms with Gasteiger partial charge in [0.1, 0.15) is 11.6 Å². The van der Waals surface area contributed by atoms with Crippen LogP contribution < -0.4 is 34.9 Å². The van der Waals surface area contributed by atoms with Crippen LogP contribution in [-0.4, -0.2) is 41.0 Å². The molecule has 0 unspecified atom stereocenters. The third kappa shape index (κ3) is 11.3. The molecule has 1 aliphatic carbocycles. The maximum absolute atomic E-state index is 12.9. The molecule has 0 saturated heterocycles. The summed E-state index contributed by atoms with van der Waals surface area (Å²) in [6.07, 6.45) is 3.12. The molecule has 1 aliphatic heterocycles. The number of imide groups is 1. The van der Waals surface area contributed by atoms with Crippen molar-refractivity contribution in [2.24, 2.45) is 0 Å². The number of carbonyl (C=O) groups is 2. The topological polar surface area (TPSA) is 55.4 Å². The molecule has 0 bridgehead atoms. The molecular weight excluding hydrogens is 454 g/mol. The Bertz CT molecular complexity index is 886. The number of hydrogen-bond donors (Lipinski definition) is 1. The number of ether oxygens (including phenoxy) is 1. The molecule has 2 amide bonds. The average Bonchev–Trinajstić information content (AvgIpc) is 3.29. The van der Waals surface area contributed by atoms with E-state index in [1.165, 1.54) is 17.7 Å². The zero-order chi connectivity index (χ0) is 23.4. The van der Waals surface area contributed by atoms with Gasteiger partial charge in [0.15, 0.2) is 0 Å². The minimum absolute atomic E-state index is 0. The molecule has 1 heterocycles. The van der Waals surface area contributed by atoms with Crippen LogP contribution in [0.15, 0.2) is 36.4 Å². The van der Waals surface area contributed by atoms with E-state index in [9.17, 15) is 31.3 Å². The van der Waals surface area contributed by atoms with Crippen molar-refractivity contribution < 1.29 is 65.6 Å². The van der Waals surface area contributed by atoms with Gasteiger partial charge in [0.2, 0.25) is 0 Å². The number of aryl methyl sites for hydroxylation is 1. The van der Waals surface area contributed by atoms with Crippen LogP contribution in [0, 0.1) is 11.6 Å². The number of carbonyl (C=O) groups excluding carboxylic acids is 2. The van der Waals surface area contributed by atoms with Gasteiger partial charge in [0, 0.05) is 13.2 Å². The molecule has 4 nitrogen and oxygen atoms in total. The Hall–Kier alpha value is -1.68. The number of halogens is 5. The molecule has 0 spiro atoms. The monoisotopic (exact) mass is 481 g/mol. The van der Waals surface area contributed by atoms with E-state index < -0.39 is 25.2 Å². The van der Waals surface area contributed by atoms with Gasteiger partial charge in [-0.15, -0.1) is 0 Å². The Morgan fingerprint density at radius 1 is 0.909 bits per heavy atom. The van der Waals surface area contributed by atoms with E-state index in [4.69, 9.17) is 4.74 Å². The number of rotatable bonds is 2. The molecule has 0 radical (unpaired) electrons. The van der Waals surface area contributed by atoms with Crippen LogP contribution in [0.3, 0.4) is 0 Å². The van der Waals surface area contributed by atoms with Crippen molar-refractivity contribution in [3.05, 3.63) is 70.3 Å².